The first-order chi connectivity index (χ1) is 13.0. The van der Waals surface area contributed by atoms with E-state index in [2.05, 4.69) is 5.32 Å². The van der Waals surface area contributed by atoms with Crippen molar-refractivity contribution in [2.75, 3.05) is 11.9 Å². The van der Waals surface area contributed by atoms with E-state index in [-0.39, 0.29) is 6.61 Å². The molecule has 27 heavy (non-hydrogen) atoms. The number of carbonyl (C=O) groups excluding carboxylic acids is 2. The minimum atomic E-state index is -0.966. The average Bonchev–Trinajstić information content (AvgIpc) is 2.67. The molecule has 138 valence electrons. The zero-order valence-electron chi connectivity index (χ0n) is 14.6. The largest absolute Gasteiger partial charge is 0.480 e. The van der Waals surface area contributed by atoms with E-state index < -0.39 is 18.0 Å². The zero-order valence-corrected chi connectivity index (χ0v) is 15.4. The molecule has 0 bridgehead atoms. The lowest BCUT2D eigenvalue weighted by molar-refractivity contribution is -0.155. The van der Waals surface area contributed by atoms with Crippen molar-refractivity contribution < 1.29 is 19.1 Å². The first-order valence-corrected chi connectivity index (χ1v) is 8.78. The second kappa shape index (κ2) is 8.56. The Bertz CT molecular complexity index is 968. The smallest absolute Gasteiger partial charge is 0.344 e. The van der Waals surface area contributed by atoms with Gasteiger partial charge in [-0.25, -0.2) is 4.79 Å². The van der Waals surface area contributed by atoms with Crippen LogP contribution >= 0.6 is 11.6 Å². The normalized spacial score (nSPS) is 11.6. The van der Waals surface area contributed by atoms with Gasteiger partial charge in [-0.1, -0.05) is 60.1 Å². The summed E-state index contributed by atoms with van der Waals surface area (Å²) in [6.45, 7) is 1.17. The van der Waals surface area contributed by atoms with Crippen LogP contribution in [0, 0.1) is 0 Å². The van der Waals surface area contributed by atoms with Gasteiger partial charge >= 0.3 is 5.97 Å². The van der Waals surface area contributed by atoms with Gasteiger partial charge in [0.1, 0.15) is 5.75 Å². The number of halogens is 1. The fourth-order valence-electron chi connectivity index (χ4n) is 2.55. The zero-order chi connectivity index (χ0) is 19.2. The third kappa shape index (κ3) is 4.77. The highest BCUT2D eigenvalue weighted by Crippen LogP contribution is 2.24. The van der Waals surface area contributed by atoms with Crippen LogP contribution in [0.25, 0.3) is 10.8 Å². The summed E-state index contributed by atoms with van der Waals surface area (Å²) >= 11 is 5.96. The Morgan fingerprint density at radius 3 is 2.52 bits per heavy atom. The van der Waals surface area contributed by atoms with Crippen molar-refractivity contribution in [1.29, 1.82) is 0 Å². The van der Waals surface area contributed by atoms with Gasteiger partial charge in [0, 0.05) is 11.1 Å². The van der Waals surface area contributed by atoms with E-state index in [1.54, 1.807) is 30.3 Å². The fraction of sp³-hybridized carbons (Fsp3) is 0.143. The number of hydrogen-bond donors (Lipinski definition) is 1. The van der Waals surface area contributed by atoms with Gasteiger partial charge in [0.2, 0.25) is 0 Å². The SMILES string of the molecule is C[C@H](OC(=O)COc1ccccc1Cl)C(=O)Nc1cccc2ccccc12. The van der Waals surface area contributed by atoms with Gasteiger partial charge in [0.25, 0.3) is 5.91 Å². The third-order valence-corrected chi connectivity index (χ3v) is 4.22. The Hall–Kier alpha value is -3.05. The van der Waals surface area contributed by atoms with E-state index in [0.717, 1.165) is 10.8 Å². The summed E-state index contributed by atoms with van der Waals surface area (Å²) in [5, 5.41) is 5.11. The Balaban J connectivity index is 1.57. The maximum Gasteiger partial charge on any atom is 0.344 e. The van der Waals surface area contributed by atoms with Gasteiger partial charge in [-0.3, -0.25) is 4.79 Å². The molecule has 3 aromatic rings. The highest BCUT2D eigenvalue weighted by Gasteiger charge is 2.19. The summed E-state index contributed by atoms with van der Waals surface area (Å²) in [6.07, 6.45) is -0.966. The molecule has 0 fully saturated rings. The summed E-state index contributed by atoms with van der Waals surface area (Å²) in [4.78, 5) is 24.3. The number of carbonyl (C=O) groups is 2. The molecule has 0 radical (unpaired) electrons. The number of benzene rings is 3. The lowest BCUT2D eigenvalue weighted by Gasteiger charge is -2.15. The molecule has 1 N–H and O–H groups in total. The molecule has 3 aromatic carbocycles. The van der Waals surface area contributed by atoms with Crippen molar-refractivity contribution in [2.45, 2.75) is 13.0 Å². The summed E-state index contributed by atoms with van der Waals surface area (Å²) in [5.41, 5.74) is 0.660. The quantitative estimate of drug-likeness (QED) is 0.639. The van der Waals surface area contributed by atoms with Gasteiger partial charge < -0.3 is 14.8 Å². The maximum atomic E-state index is 12.4. The average molecular weight is 384 g/mol. The molecule has 0 aliphatic carbocycles. The summed E-state index contributed by atoms with van der Waals surface area (Å²) in [5.74, 6) is -0.697. The molecule has 0 spiro atoms. The van der Waals surface area contributed by atoms with Crippen LogP contribution in [0.1, 0.15) is 6.92 Å². The van der Waals surface area contributed by atoms with Crippen LogP contribution in [0.3, 0.4) is 0 Å². The molecular formula is C21H18ClNO4. The summed E-state index contributed by atoms with van der Waals surface area (Å²) in [7, 11) is 0. The van der Waals surface area contributed by atoms with Gasteiger partial charge in [-0.2, -0.15) is 0 Å². The summed E-state index contributed by atoms with van der Waals surface area (Å²) in [6, 6.07) is 20.1. The van der Waals surface area contributed by atoms with Crippen molar-refractivity contribution >= 4 is 39.9 Å². The van der Waals surface area contributed by atoms with Crippen LogP contribution in [-0.2, 0) is 14.3 Å². The lowest BCUT2D eigenvalue weighted by atomic mass is 10.1. The standard InChI is InChI=1S/C21H18ClNO4/c1-14(27-20(24)13-26-19-12-5-4-10-17(19)22)21(25)23-18-11-6-8-15-7-2-3-9-16(15)18/h2-12,14H,13H2,1H3,(H,23,25)/t14-/m0/s1. The number of para-hydroxylation sites is 1. The monoisotopic (exact) mass is 383 g/mol. The van der Waals surface area contributed by atoms with Crippen LogP contribution in [0.4, 0.5) is 5.69 Å². The van der Waals surface area contributed by atoms with E-state index in [0.29, 0.717) is 16.5 Å². The van der Waals surface area contributed by atoms with E-state index in [9.17, 15) is 9.59 Å². The van der Waals surface area contributed by atoms with E-state index in [1.165, 1.54) is 6.92 Å². The summed E-state index contributed by atoms with van der Waals surface area (Å²) < 4.78 is 10.5. The molecule has 1 amide bonds. The Labute approximate surface area is 161 Å². The van der Waals surface area contributed by atoms with Crippen molar-refractivity contribution in [3.8, 4) is 5.75 Å². The van der Waals surface area contributed by atoms with Gasteiger partial charge in [-0.05, 0) is 30.5 Å². The van der Waals surface area contributed by atoms with Gasteiger partial charge in [0.15, 0.2) is 12.7 Å². The van der Waals surface area contributed by atoms with Crippen molar-refractivity contribution in [2.24, 2.45) is 0 Å². The minimum absolute atomic E-state index is 0.338. The molecule has 3 rings (SSSR count). The maximum absolute atomic E-state index is 12.4. The molecule has 0 aliphatic rings. The van der Waals surface area contributed by atoms with E-state index >= 15 is 0 Å². The number of anilines is 1. The van der Waals surface area contributed by atoms with Gasteiger partial charge in [0.05, 0.1) is 5.02 Å². The highest BCUT2D eigenvalue weighted by atomic mass is 35.5. The van der Waals surface area contributed by atoms with Crippen LogP contribution in [-0.4, -0.2) is 24.6 Å². The topological polar surface area (TPSA) is 64.6 Å². The van der Waals surface area contributed by atoms with Crippen LogP contribution in [0.5, 0.6) is 5.75 Å². The van der Waals surface area contributed by atoms with Gasteiger partial charge in [-0.15, -0.1) is 0 Å². The predicted molar refractivity (Wildman–Crippen MR) is 105 cm³/mol. The van der Waals surface area contributed by atoms with Crippen LogP contribution < -0.4 is 10.1 Å². The lowest BCUT2D eigenvalue weighted by Crippen LogP contribution is -2.31. The first kappa shape index (κ1) is 18.7. The molecule has 0 heterocycles. The molecule has 0 unspecified atom stereocenters. The molecule has 0 saturated heterocycles. The van der Waals surface area contributed by atoms with E-state index in [4.69, 9.17) is 21.1 Å². The Kier molecular flexibility index (Phi) is 5.94. The van der Waals surface area contributed by atoms with Crippen molar-refractivity contribution in [3.63, 3.8) is 0 Å². The number of esters is 1. The molecule has 0 saturated carbocycles. The van der Waals surface area contributed by atoms with Crippen LogP contribution in [0.15, 0.2) is 66.7 Å². The molecule has 5 nitrogen and oxygen atoms in total. The minimum Gasteiger partial charge on any atom is -0.480 e. The highest BCUT2D eigenvalue weighted by molar-refractivity contribution is 6.32. The second-order valence-electron chi connectivity index (χ2n) is 5.87. The van der Waals surface area contributed by atoms with E-state index in [1.807, 2.05) is 36.4 Å². The number of ether oxygens (including phenoxy) is 2. The Morgan fingerprint density at radius 2 is 1.70 bits per heavy atom. The number of fused-ring (bicyclic) bond motifs is 1. The molecule has 0 aliphatic heterocycles. The fourth-order valence-corrected chi connectivity index (χ4v) is 2.74. The Morgan fingerprint density at radius 1 is 1.00 bits per heavy atom. The van der Waals surface area contributed by atoms with Crippen molar-refractivity contribution in [3.05, 3.63) is 71.8 Å². The molecular weight excluding hydrogens is 366 g/mol. The molecule has 1 atom stereocenters. The number of hydrogen-bond acceptors (Lipinski definition) is 4. The molecule has 6 heteroatoms. The second-order valence-corrected chi connectivity index (χ2v) is 6.27. The van der Waals surface area contributed by atoms with Crippen LogP contribution in [0.2, 0.25) is 5.02 Å². The first-order valence-electron chi connectivity index (χ1n) is 8.40. The number of amides is 1. The predicted octanol–water partition coefficient (Wildman–Crippen LogP) is 4.44. The number of rotatable bonds is 6. The third-order valence-electron chi connectivity index (χ3n) is 3.91. The number of nitrogens with one attached hydrogen (secondary N) is 1. The molecule has 0 aromatic heterocycles. The van der Waals surface area contributed by atoms with Crippen molar-refractivity contribution in [1.82, 2.24) is 0 Å².